The Hall–Kier alpha value is -0.570. The van der Waals surface area contributed by atoms with Crippen molar-refractivity contribution < 1.29 is 4.79 Å². The molecule has 3 unspecified atom stereocenters. The molecule has 1 aliphatic heterocycles. The molecule has 1 aliphatic carbocycles. The zero-order chi connectivity index (χ0) is 15.1. The molecule has 2 aliphatic rings. The molecular weight excluding hydrogens is 248 g/mol. The number of nitrogens with zero attached hydrogens (tertiary/aromatic N) is 1. The summed E-state index contributed by atoms with van der Waals surface area (Å²) in [5.41, 5.74) is 6.55. The van der Waals surface area contributed by atoms with Crippen LogP contribution in [0.15, 0.2) is 0 Å². The van der Waals surface area contributed by atoms with Crippen molar-refractivity contribution in [3.63, 3.8) is 0 Å². The van der Waals surface area contributed by atoms with Gasteiger partial charge in [-0.25, -0.2) is 0 Å². The summed E-state index contributed by atoms with van der Waals surface area (Å²) in [6.45, 7) is 12.8. The zero-order valence-electron chi connectivity index (χ0n) is 13.9. The van der Waals surface area contributed by atoms with Crippen LogP contribution in [0.1, 0.15) is 60.3 Å². The number of amides is 1. The van der Waals surface area contributed by atoms with Crippen LogP contribution in [0, 0.1) is 22.7 Å². The normalized spacial score (nSPS) is 33.5. The first kappa shape index (κ1) is 15.8. The maximum Gasteiger partial charge on any atom is 0.227 e. The van der Waals surface area contributed by atoms with E-state index in [4.69, 9.17) is 5.73 Å². The van der Waals surface area contributed by atoms with Gasteiger partial charge in [-0.05, 0) is 42.4 Å². The quantitative estimate of drug-likeness (QED) is 0.860. The Bertz CT molecular complexity index is 377. The Balaban J connectivity index is 2.12. The minimum Gasteiger partial charge on any atom is -0.339 e. The van der Waals surface area contributed by atoms with E-state index >= 15 is 0 Å². The number of carbonyl (C=O) groups excluding carboxylic acids is 1. The predicted molar refractivity (Wildman–Crippen MR) is 83.2 cm³/mol. The van der Waals surface area contributed by atoms with E-state index in [1.807, 2.05) is 0 Å². The molecule has 3 nitrogen and oxygen atoms in total. The third-order valence-electron chi connectivity index (χ3n) is 5.09. The standard InChI is InChI=1S/C17H32N2O/c1-12(2)6-13(9-18)15(20)19-11-17(5)8-14(19)7-16(3,4)10-17/h12-14H,6-11,18H2,1-5H3. The highest BCUT2D eigenvalue weighted by Crippen LogP contribution is 2.52. The number of rotatable bonds is 4. The first-order chi connectivity index (χ1) is 9.16. The van der Waals surface area contributed by atoms with Crippen molar-refractivity contribution in [1.29, 1.82) is 0 Å². The topological polar surface area (TPSA) is 46.3 Å². The molecule has 0 spiro atoms. The first-order valence-electron chi connectivity index (χ1n) is 8.16. The van der Waals surface area contributed by atoms with Crippen LogP contribution in [-0.2, 0) is 4.79 Å². The molecule has 116 valence electrons. The van der Waals surface area contributed by atoms with Gasteiger partial charge in [-0.15, -0.1) is 0 Å². The highest BCUT2D eigenvalue weighted by atomic mass is 16.2. The van der Waals surface area contributed by atoms with E-state index in [9.17, 15) is 4.79 Å². The molecule has 0 aromatic heterocycles. The van der Waals surface area contributed by atoms with Crippen LogP contribution in [0.5, 0.6) is 0 Å². The molecule has 1 saturated carbocycles. The van der Waals surface area contributed by atoms with Crippen LogP contribution >= 0.6 is 0 Å². The van der Waals surface area contributed by atoms with Gasteiger partial charge < -0.3 is 10.6 Å². The molecule has 2 bridgehead atoms. The molecule has 3 heteroatoms. The highest BCUT2D eigenvalue weighted by Gasteiger charge is 2.51. The summed E-state index contributed by atoms with van der Waals surface area (Å²) >= 11 is 0. The van der Waals surface area contributed by atoms with Gasteiger partial charge in [0.1, 0.15) is 0 Å². The van der Waals surface area contributed by atoms with Crippen molar-refractivity contribution in [2.75, 3.05) is 13.1 Å². The average molecular weight is 280 g/mol. The molecule has 2 N–H and O–H groups in total. The Morgan fingerprint density at radius 3 is 2.50 bits per heavy atom. The van der Waals surface area contributed by atoms with Crippen molar-refractivity contribution in [3.05, 3.63) is 0 Å². The van der Waals surface area contributed by atoms with Crippen molar-refractivity contribution in [1.82, 2.24) is 4.90 Å². The second kappa shape index (κ2) is 5.32. The summed E-state index contributed by atoms with van der Waals surface area (Å²) < 4.78 is 0. The molecule has 2 rings (SSSR count). The molecule has 20 heavy (non-hydrogen) atoms. The Morgan fingerprint density at radius 2 is 1.95 bits per heavy atom. The number of fused-ring (bicyclic) bond motifs is 2. The third kappa shape index (κ3) is 3.19. The monoisotopic (exact) mass is 280 g/mol. The van der Waals surface area contributed by atoms with E-state index in [2.05, 4.69) is 39.5 Å². The summed E-state index contributed by atoms with van der Waals surface area (Å²) in [5.74, 6) is 0.857. The Kier molecular flexibility index (Phi) is 4.21. The molecule has 2 fully saturated rings. The molecule has 0 aromatic rings. The fraction of sp³-hybridized carbons (Fsp3) is 0.941. The lowest BCUT2D eigenvalue weighted by Crippen LogP contribution is -2.43. The van der Waals surface area contributed by atoms with E-state index in [0.29, 0.717) is 35.2 Å². The molecule has 0 aromatic carbocycles. The highest BCUT2D eigenvalue weighted by molar-refractivity contribution is 5.80. The Labute approximate surface area is 124 Å². The van der Waals surface area contributed by atoms with Gasteiger partial charge >= 0.3 is 0 Å². The van der Waals surface area contributed by atoms with Crippen LogP contribution in [0.25, 0.3) is 0 Å². The Morgan fingerprint density at radius 1 is 1.30 bits per heavy atom. The molecule has 1 amide bonds. The van der Waals surface area contributed by atoms with Crippen LogP contribution in [0.2, 0.25) is 0 Å². The summed E-state index contributed by atoms with van der Waals surface area (Å²) in [7, 11) is 0. The molecule has 3 atom stereocenters. The predicted octanol–water partition coefficient (Wildman–Crippen LogP) is 3.03. The van der Waals surface area contributed by atoms with Crippen LogP contribution in [0.4, 0.5) is 0 Å². The molecule has 1 saturated heterocycles. The van der Waals surface area contributed by atoms with Crippen molar-refractivity contribution in [2.24, 2.45) is 28.4 Å². The van der Waals surface area contributed by atoms with E-state index in [1.54, 1.807) is 0 Å². The second-order valence-electron chi connectivity index (χ2n) is 8.74. The van der Waals surface area contributed by atoms with E-state index in [1.165, 1.54) is 12.8 Å². The van der Waals surface area contributed by atoms with Gasteiger partial charge in [0, 0.05) is 19.1 Å². The third-order valence-corrected chi connectivity index (χ3v) is 5.09. The maximum atomic E-state index is 12.9. The smallest absolute Gasteiger partial charge is 0.227 e. The van der Waals surface area contributed by atoms with Gasteiger partial charge in [-0.1, -0.05) is 34.6 Å². The van der Waals surface area contributed by atoms with Crippen molar-refractivity contribution in [2.45, 2.75) is 66.3 Å². The number of nitrogens with two attached hydrogens (primary N) is 1. The molecule has 1 heterocycles. The zero-order valence-corrected chi connectivity index (χ0v) is 13.9. The van der Waals surface area contributed by atoms with Gasteiger partial charge in [0.15, 0.2) is 0 Å². The fourth-order valence-corrected chi connectivity index (χ4v) is 4.82. The minimum atomic E-state index is 0.0149. The summed E-state index contributed by atoms with van der Waals surface area (Å²) in [6, 6.07) is 0.442. The van der Waals surface area contributed by atoms with E-state index in [0.717, 1.165) is 19.4 Å². The average Bonchev–Trinajstić information content (AvgIpc) is 2.54. The largest absolute Gasteiger partial charge is 0.339 e. The lowest BCUT2D eigenvalue weighted by atomic mass is 9.65. The maximum absolute atomic E-state index is 12.9. The summed E-state index contributed by atoms with van der Waals surface area (Å²) in [5, 5.41) is 0. The number of carbonyl (C=O) groups is 1. The number of hydrogen-bond acceptors (Lipinski definition) is 2. The SMILES string of the molecule is CC(C)CC(CN)C(=O)N1CC2(C)CC1CC(C)(C)C2. The van der Waals surface area contributed by atoms with Crippen LogP contribution in [-0.4, -0.2) is 29.9 Å². The molecule has 0 radical (unpaired) electrons. The molecular formula is C17H32N2O. The summed E-state index contributed by atoms with van der Waals surface area (Å²) in [4.78, 5) is 15.0. The lowest BCUT2D eigenvalue weighted by Gasteiger charge is -2.39. The van der Waals surface area contributed by atoms with Gasteiger partial charge in [0.25, 0.3) is 0 Å². The lowest BCUT2D eigenvalue weighted by molar-refractivity contribution is -0.137. The van der Waals surface area contributed by atoms with E-state index < -0.39 is 0 Å². The fourth-order valence-electron chi connectivity index (χ4n) is 4.82. The van der Waals surface area contributed by atoms with Gasteiger partial charge in [-0.2, -0.15) is 0 Å². The van der Waals surface area contributed by atoms with Gasteiger partial charge in [0.05, 0.1) is 5.92 Å². The number of hydrogen-bond donors (Lipinski definition) is 1. The van der Waals surface area contributed by atoms with Crippen LogP contribution in [0.3, 0.4) is 0 Å². The van der Waals surface area contributed by atoms with Crippen LogP contribution < -0.4 is 5.73 Å². The van der Waals surface area contributed by atoms with Crippen molar-refractivity contribution >= 4 is 5.91 Å². The minimum absolute atomic E-state index is 0.0149. The van der Waals surface area contributed by atoms with Gasteiger partial charge in [-0.3, -0.25) is 4.79 Å². The number of likely N-dealkylation sites (tertiary alicyclic amines) is 1. The van der Waals surface area contributed by atoms with Gasteiger partial charge in [0.2, 0.25) is 5.91 Å². The van der Waals surface area contributed by atoms with Crippen molar-refractivity contribution in [3.8, 4) is 0 Å². The first-order valence-corrected chi connectivity index (χ1v) is 8.16. The van der Waals surface area contributed by atoms with E-state index in [-0.39, 0.29) is 5.92 Å². The summed E-state index contributed by atoms with van der Waals surface area (Å²) in [6.07, 6.45) is 4.48. The second-order valence-corrected chi connectivity index (χ2v) is 8.74.